The fourth-order valence-electron chi connectivity index (χ4n) is 1.65. The zero-order chi connectivity index (χ0) is 10.5. The minimum absolute atomic E-state index is 0.0939. The van der Waals surface area contributed by atoms with Gasteiger partial charge in [0.25, 0.3) is 5.92 Å². The first-order chi connectivity index (χ1) is 6.42. The summed E-state index contributed by atoms with van der Waals surface area (Å²) in [5.74, 6) is -3.78. The summed E-state index contributed by atoms with van der Waals surface area (Å²) in [5.41, 5.74) is 0.255. The van der Waals surface area contributed by atoms with Crippen molar-refractivity contribution in [1.29, 1.82) is 0 Å². The Kier molecular flexibility index (Phi) is 2.12. The van der Waals surface area contributed by atoms with Gasteiger partial charge in [-0.15, -0.1) is 0 Å². The molecule has 1 N–H and O–H groups in total. The van der Waals surface area contributed by atoms with Crippen LogP contribution in [0, 0.1) is 5.82 Å². The molecule has 1 aliphatic carbocycles. The third-order valence-corrected chi connectivity index (χ3v) is 2.94. The molecule has 2 rings (SSSR count). The second-order valence-corrected chi connectivity index (χ2v) is 4.16. The maximum atomic E-state index is 13.0. The predicted octanol–water partition coefficient (Wildman–Crippen LogP) is 2.81. The van der Waals surface area contributed by atoms with Gasteiger partial charge in [-0.2, -0.15) is 0 Å². The van der Waals surface area contributed by atoms with Crippen LogP contribution in [0.15, 0.2) is 16.6 Å². The summed E-state index contributed by atoms with van der Waals surface area (Å²) in [6.07, 6.45) is -2.45. The lowest BCUT2D eigenvalue weighted by Gasteiger charge is -2.13. The van der Waals surface area contributed by atoms with Crippen molar-refractivity contribution in [3.05, 3.63) is 33.5 Å². The van der Waals surface area contributed by atoms with E-state index in [1.54, 1.807) is 0 Å². The van der Waals surface area contributed by atoms with E-state index in [9.17, 15) is 18.3 Å². The smallest absolute Gasteiger partial charge is 0.281 e. The van der Waals surface area contributed by atoms with Crippen LogP contribution < -0.4 is 0 Å². The molecule has 0 radical (unpaired) electrons. The molecule has 0 saturated carbocycles. The molecule has 0 heterocycles. The molecule has 0 amide bonds. The van der Waals surface area contributed by atoms with Gasteiger partial charge in [-0.3, -0.25) is 0 Å². The molecule has 0 fully saturated rings. The number of aliphatic hydroxyl groups excluding tert-OH is 1. The molecule has 5 heteroatoms. The predicted molar refractivity (Wildman–Crippen MR) is 47.7 cm³/mol. The van der Waals surface area contributed by atoms with Gasteiger partial charge in [0.2, 0.25) is 0 Å². The van der Waals surface area contributed by atoms with Gasteiger partial charge in [0.05, 0.1) is 0 Å². The van der Waals surface area contributed by atoms with Gasteiger partial charge in [0, 0.05) is 16.5 Å². The zero-order valence-electron chi connectivity index (χ0n) is 6.90. The molecular formula is C9H6BrF3O. The summed E-state index contributed by atoms with van der Waals surface area (Å²) in [6.45, 7) is 0. The van der Waals surface area contributed by atoms with Crippen molar-refractivity contribution < 1.29 is 18.3 Å². The molecule has 1 nitrogen and oxygen atoms in total. The lowest BCUT2D eigenvalue weighted by Crippen LogP contribution is -2.21. The van der Waals surface area contributed by atoms with E-state index in [0.717, 1.165) is 12.1 Å². The van der Waals surface area contributed by atoms with Crippen LogP contribution in [0.3, 0.4) is 0 Å². The minimum atomic E-state index is -3.20. The highest BCUT2D eigenvalue weighted by Gasteiger charge is 2.47. The normalized spacial score (nSPS) is 23.6. The van der Waals surface area contributed by atoms with Crippen molar-refractivity contribution in [3.63, 3.8) is 0 Å². The Hall–Kier alpha value is -0.550. The van der Waals surface area contributed by atoms with Crippen LogP contribution in [0.5, 0.6) is 0 Å². The highest BCUT2D eigenvalue weighted by atomic mass is 79.9. The number of alkyl halides is 2. The number of rotatable bonds is 0. The first-order valence-corrected chi connectivity index (χ1v) is 4.75. The van der Waals surface area contributed by atoms with Crippen LogP contribution >= 0.6 is 15.9 Å². The molecule has 1 aliphatic rings. The number of fused-ring (bicyclic) bond motifs is 1. The summed E-state index contributed by atoms with van der Waals surface area (Å²) in [7, 11) is 0. The Morgan fingerprint density at radius 1 is 1.43 bits per heavy atom. The number of hydrogen-bond donors (Lipinski definition) is 1. The van der Waals surface area contributed by atoms with E-state index in [1.807, 2.05) is 0 Å². The van der Waals surface area contributed by atoms with E-state index < -0.39 is 24.3 Å². The first-order valence-electron chi connectivity index (χ1n) is 3.95. The summed E-state index contributed by atoms with van der Waals surface area (Å²) >= 11 is 2.96. The minimum Gasteiger partial charge on any atom is -0.382 e. The number of aliphatic hydroxyl groups is 1. The zero-order valence-corrected chi connectivity index (χ0v) is 8.48. The Labute approximate surface area is 86.7 Å². The van der Waals surface area contributed by atoms with E-state index in [2.05, 4.69) is 15.9 Å². The molecule has 0 aliphatic heterocycles. The lowest BCUT2D eigenvalue weighted by atomic mass is 10.1. The van der Waals surface area contributed by atoms with Crippen molar-refractivity contribution in [1.82, 2.24) is 0 Å². The van der Waals surface area contributed by atoms with Crippen LogP contribution in [0.1, 0.15) is 17.2 Å². The van der Waals surface area contributed by atoms with Crippen molar-refractivity contribution in [2.24, 2.45) is 0 Å². The van der Waals surface area contributed by atoms with E-state index in [-0.39, 0.29) is 15.6 Å². The van der Waals surface area contributed by atoms with Gasteiger partial charge in [-0.05, 0) is 17.7 Å². The SMILES string of the molecule is O[C@H]1c2c(Br)cc(F)cc2CC1(F)F. The Balaban J connectivity index is 2.59. The molecule has 0 saturated heterocycles. The van der Waals surface area contributed by atoms with Crippen LogP contribution in [0.2, 0.25) is 0 Å². The molecule has 0 unspecified atom stereocenters. The average Bonchev–Trinajstić information content (AvgIpc) is 2.21. The average molecular weight is 267 g/mol. The molecule has 0 aromatic heterocycles. The Bertz CT molecular complexity index is 392. The summed E-state index contributed by atoms with van der Waals surface area (Å²) in [6, 6.07) is 2.10. The van der Waals surface area contributed by atoms with Crippen LogP contribution in [0.4, 0.5) is 13.2 Å². The fraction of sp³-hybridized carbons (Fsp3) is 0.333. The van der Waals surface area contributed by atoms with Gasteiger partial charge in [0.1, 0.15) is 11.9 Å². The van der Waals surface area contributed by atoms with Gasteiger partial charge in [-0.1, -0.05) is 15.9 Å². The molecule has 1 atom stereocenters. The monoisotopic (exact) mass is 266 g/mol. The first kappa shape index (κ1) is 9.98. The summed E-state index contributed by atoms with van der Waals surface area (Å²) in [4.78, 5) is 0. The highest BCUT2D eigenvalue weighted by Crippen LogP contribution is 2.46. The van der Waals surface area contributed by atoms with E-state index >= 15 is 0 Å². The molecule has 0 bridgehead atoms. The molecule has 0 spiro atoms. The van der Waals surface area contributed by atoms with E-state index in [4.69, 9.17) is 0 Å². The topological polar surface area (TPSA) is 20.2 Å². The highest BCUT2D eigenvalue weighted by molar-refractivity contribution is 9.10. The van der Waals surface area contributed by atoms with Gasteiger partial charge >= 0.3 is 0 Å². The maximum absolute atomic E-state index is 13.0. The summed E-state index contributed by atoms with van der Waals surface area (Å²) in [5, 5.41) is 9.28. The lowest BCUT2D eigenvalue weighted by molar-refractivity contribution is -0.0970. The fourth-order valence-corrected chi connectivity index (χ4v) is 2.34. The maximum Gasteiger partial charge on any atom is 0.281 e. The van der Waals surface area contributed by atoms with Crippen LogP contribution in [-0.4, -0.2) is 11.0 Å². The van der Waals surface area contributed by atoms with Gasteiger partial charge in [0.15, 0.2) is 0 Å². The standard InChI is InChI=1S/C9H6BrF3O/c10-6-2-5(11)1-4-3-9(12,13)8(14)7(4)6/h1-2,8,14H,3H2/t8-/m0/s1. The number of hydrogen-bond acceptors (Lipinski definition) is 1. The number of halogens is 4. The van der Waals surface area contributed by atoms with E-state index in [1.165, 1.54) is 0 Å². The van der Waals surface area contributed by atoms with Crippen molar-refractivity contribution in [3.8, 4) is 0 Å². The number of benzene rings is 1. The molecule has 1 aromatic rings. The van der Waals surface area contributed by atoms with Crippen LogP contribution in [0.25, 0.3) is 0 Å². The van der Waals surface area contributed by atoms with Crippen molar-refractivity contribution in [2.75, 3.05) is 0 Å². The van der Waals surface area contributed by atoms with Crippen molar-refractivity contribution in [2.45, 2.75) is 18.4 Å². The molecule has 14 heavy (non-hydrogen) atoms. The molecular weight excluding hydrogens is 261 g/mol. The summed E-state index contributed by atoms with van der Waals surface area (Å²) < 4.78 is 39.1. The van der Waals surface area contributed by atoms with Crippen molar-refractivity contribution >= 4 is 15.9 Å². The Morgan fingerprint density at radius 3 is 2.71 bits per heavy atom. The van der Waals surface area contributed by atoms with Gasteiger partial charge < -0.3 is 5.11 Å². The third kappa shape index (κ3) is 1.35. The van der Waals surface area contributed by atoms with Crippen LogP contribution in [-0.2, 0) is 6.42 Å². The molecule has 1 aromatic carbocycles. The second kappa shape index (κ2) is 2.97. The molecule has 76 valence electrons. The second-order valence-electron chi connectivity index (χ2n) is 3.30. The quantitative estimate of drug-likeness (QED) is 0.766. The Morgan fingerprint density at radius 2 is 2.07 bits per heavy atom. The van der Waals surface area contributed by atoms with Gasteiger partial charge in [-0.25, -0.2) is 13.2 Å². The van der Waals surface area contributed by atoms with E-state index in [0.29, 0.717) is 0 Å². The largest absolute Gasteiger partial charge is 0.382 e. The third-order valence-electron chi connectivity index (χ3n) is 2.28.